The van der Waals surface area contributed by atoms with Crippen LogP contribution in [0.25, 0.3) is 0 Å². The first kappa shape index (κ1) is 13.4. The fourth-order valence-electron chi connectivity index (χ4n) is 4.86. The van der Waals surface area contributed by atoms with E-state index in [1.807, 2.05) is 0 Å². The normalized spacial score (nSPS) is 37.3. The minimum absolute atomic E-state index is 0.0693. The van der Waals surface area contributed by atoms with Gasteiger partial charge in [0.2, 0.25) is 0 Å². The summed E-state index contributed by atoms with van der Waals surface area (Å²) in [6.45, 7) is 3.11. The molecule has 112 valence electrons. The first-order chi connectivity index (χ1) is 10.2. The molecule has 0 spiro atoms. The zero-order valence-electron chi connectivity index (χ0n) is 13.0. The van der Waals surface area contributed by atoms with Gasteiger partial charge in [0.05, 0.1) is 19.3 Å². The van der Waals surface area contributed by atoms with Crippen molar-refractivity contribution in [2.24, 2.45) is 11.8 Å². The Morgan fingerprint density at radius 3 is 3.05 bits per heavy atom. The van der Waals surface area contributed by atoms with E-state index in [0.717, 1.165) is 18.3 Å². The average Bonchev–Trinajstić information content (AvgIpc) is 2.53. The first-order valence-corrected chi connectivity index (χ1v) is 8.19. The van der Waals surface area contributed by atoms with Gasteiger partial charge in [-0.25, -0.2) is 0 Å². The zero-order chi connectivity index (χ0) is 14.4. The van der Waals surface area contributed by atoms with Gasteiger partial charge in [-0.1, -0.05) is 18.2 Å². The second-order valence-electron chi connectivity index (χ2n) is 6.99. The Kier molecular flexibility index (Phi) is 3.11. The summed E-state index contributed by atoms with van der Waals surface area (Å²) >= 11 is 0. The Labute approximate surface area is 127 Å². The van der Waals surface area contributed by atoms with Crippen LogP contribution in [-0.2, 0) is 11.2 Å². The molecule has 1 heterocycles. The van der Waals surface area contributed by atoms with Crippen LogP contribution in [0.15, 0.2) is 30.4 Å². The van der Waals surface area contributed by atoms with Crippen LogP contribution in [0.4, 0.5) is 0 Å². The van der Waals surface area contributed by atoms with Crippen LogP contribution in [-0.4, -0.2) is 19.3 Å². The van der Waals surface area contributed by atoms with Crippen molar-refractivity contribution in [3.05, 3.63) is 41.5 Å². The molecule has 0 aromatic heterocycles. The van der Waals surface area contributed by atoms with E-state index in [9.17, 15) is 0 Å². The van der Waals surface area contributed by atoms with Gasteiger partial charge in [-0.3, -0.25) is 0 Å². The van der Waals surface area contributed by atoms with Crippen molar-refractivity contribution in [3.8, 4) is 5.75 Å². The summed E-state index contributed by atoms with van der Waals surface area (Å²) in [6, 6.07) is 6.68. The SMILES string of the molecule is COc1ccc2c(c1)CC[C@@H]1[C@@H]2CC[C@]2(C)OCC=C[C@@H]12. The van der Waals surface area contributed by atoms with Gasteiger partial charge in [0.15, 0.2) is 0 Å². The highest BCUT2D eigenvalue weighted by molar-refractivity contribution is 5.41. The molecule has 2 nitrogen and oxygen atoms in total. The van der Waals surface area contributed by atoms with E-state index in [0.29, 0.717) is 11.8 Å². The number of hydrogen-bond acceptors (Lipinski definition) is 2. The number of ether oxygens (including phenoxy) is 2. The maximum Gasteiger partial charge on any atom is 0.119 e. The van der Waals surface area contributed by atoms with E-state index < -0.39 is 0 Å². The summed E-state index contributed by atoms with van der Waals surface area (Å²) in [5.41, 5.74) is 3.13. The van der Waals surface area contributed by atoms with Crippen molar-refractivity contribution in [1.82, 2.24) is 0 Å². The Morgan fingerprint density at radius 1 is 1.29 bits per heavy atom. The Balaban J connectivity index is 1.70. The average molecular weight is 284 g/mol. The second-order valence-corrected chi connectivity index (χ2v) is 6.99. The molecule has 3 aliphatic rings. The molecule has 1 fully saturated rings. The molecular weight excluding hydrogens is 260 g/mol. The summed E-state index contributed by atoms with van der Waals surface area (Å²) in [5, 5.41) is 0. The Hall–Kier alpha value is -1.28. The molecule has 1 aromatic rings. The third-order valence-corrected chi connectivity index (χ3v) is 5.98. The topological polar surface area (TPSA) is 18.5 Å². The molecule has 0 bridgehead atoms. The van der Waals surface area contributed by atoms with Crippen molar-refractivity contribution < 1.29 is 9.47 Å². The number of fused-ring (bicyclic) bond motifs is 5. The lowest BCUT2D eigenvalue weighted by Gasteiger charge is -2.51. The van der Waals surface area contributed by atoms with E-state index >= 15 is 0 Å². The molecule has 0 radical (unpaired) electrons. The zero-order valence-corrected chi connectivity index (χ0v) is 13.0. The fraction of sp³-hybridized carbons (Fsp3) is 0.579. The molecule has 4 rings (SSSR count). The van der Waals surface area contributed by atoms with Crippen LogP contribution in [0.3, 0.4) is 0 Å². The predicted octanol–water partition coefficient (Wildman–Crippen LogP) is 4.10. The summed E-state index contributed by atoms with van der Waals surface area (Å²) in [6.07, 6.45) is 9.54. The minimum Gasteiger partial charge on any atom is -0.497 e. The molecule has 0 unspecified atom stereocenters. The van der Waals surface area contributed by atoms with Crippen LogP contribution in [0.2, 0.25) is 0 Å². The van der Waals surface area contributed by atoms with E-state index in [-0.39, 0.29) is 5.60 Å². The van der Waals surface area contributed by atoms with Gasteiger partial charge in [0, 0.05) is 5.92 Å². The number of aryl methyl sites for hydroxylation is 1. The first-order valence-electron chi connectivity index (χ1n) is 8.19. The minimum atomic E-state index is 0.0693. The van der Waals surface area contributed by atoms with Crippen molar-refractivity contribution in [2.45, 2.75) is 44.1 Å². The molecule has 4 atom stereocenters. The van der Waals surface area contributed by atoms with Crippen LogP contribution in [0, 0.1) is 11.8 Å². The third-order valence-electron chi connectivity index (χ3n) is 5.98. The second kappa shape index (κ2) is 4.88. The van der Waals surface area contributed by atoms with Crippen molar-refractivity contribution in [3.63, 3.8) is 0 Å². The molecular formula is C19H24O2. The van der Waals surface area contributed by atoms with Gasteiger partial charge in [-0.15, -0.1) is 0 Å². The van der Waals surface area contributed by atoms with E-state index in [1.54, 1.807) is 12.7 Å². The standard InChI is InChI=1S/C19H24O2/c1-19-10-9-16-15-8-6-14(20-2)12-13(15)5-7-17(16)18(19)4-3-11-21-19/h3-4,6,8,12,16-18H,5,7,9-11H2,1-2H3/t16-,17-,18+,19+/m1/s1. The van der Waals surface area contributed by atoms with Gasteiger partial charge >= 0.3 is 0 Å². The van der Waals surface area contributed by atoms with Gasteiger partial charge in [0.1, 0.15) is 5.75 Å². The third kappa shape index (κ3) is 2.03. The number of benzene rings is 1. The van der Waals surface area contributed by atoms with Crippen LogP contribution < -0.4 is 4.74 Å². The lowest BCUT2D eigenvalue weighted by atomic mass is 9.58. The van der Waals surface area contributed by atoms with Gasteiger partial charge < -0.3 is 9.47 Å². The molecule has 21 heavy (non-hydrogen) atoms. The van der Waals surface area contributed by atoms with E-state index in [1.165, 1.54) is 31.2 Å². The number of rotatable bonds is 1. The molecule has 0 N–H and O–H groups in total. The van der Waals surface area contributed by atoms with Crippen molar-refractivity contribution in [2.75, 3.05) is 13.7 Å². The summed E-state index contributed by atoms with van der Waals surface area (Å²) in [7, 11) is 1.75. The molecule has 2 aliphatic carbocycles. The maximum atomic E-state index is 6.14. The number of methoxy groups -OCH3 is 1. The Morgan fingerprint density at radius 2 is 2.19 bits per heavy atom. The predicted molar refractivity (Wildman–Crippen MR) is 83.8 cm³/mol. The van der Waals surface area contributed by atoms with E-state index in [2.05, 4.69) is 37.3 Å². The van der Waals surface area contributed by atoms with Crippen LogP contribution in [0.5, 0.6) is 5.75 Å². The summed E-state index contributed by atoms with van der Waals surface area (Å²) < 4.78 is 11.5. The Bertz CT molecular complexity index is 577. The quantitative estimate of drug-likeness (QED) is 0.723. The highest BCUT2D eigenvalue weighted by Gasteiger charge is 2.48. The lowest BCUT2D eigenvalue weighted by molar-refractivity contribution is -0.105. The van der Waals surface area contributed by atoms with Gasteiger partial charge in [-0.2, -0.15) is 0 Å². The molecule has 1 aliphatic heterocycles. The monoisotopic (exact) mass is 284 g/mol. The molecule has 2 heteroatoms. The fourth-order valence-corrected chi connectivity index (χ4v) is 4.86. The van der Waals surface area contributed by atoms with Gasteiger partial charge in [0.25, 0.3) is 0 Å². The summed E-state index contributed by atoms with van der Waals surface area (Å²) in [5.74, 6) is 3.01. The highest BCUT2D eigenvalue weighted by Crippen LogP contribution is 2.53. The lowest BCUT2D eigenvalue weighted by Crippen LogP contribution is -2.49. The van der Waals surface area contributed by atoms with Gasteiger partial charge in [-0.05, 0) is 67.7 Å². The van der Waals surface area contributed by atoms with Crippen molar-refractivity contribution in [1.29, 1.82) is 0 Å². The molecule has 1 saturated carbocycles. The van der Waals surface area contributed by atoms with Crippen molar-refractivity contribution >= 4 is 0 Å². The number of hydrogen-bond donors (Lipinski definition) is 0. The molecule has 0 saturated heterocycles. The molecule has 0 amide bonds. The maximum absolute atomic E-state index is 6.14. The summed E-state index contributed by atoms with van der Waals surface area (Å²) in [4.78, 5) is 0. The van der Waals surface area contributed by atoms with Crippen LogP contribution >= 0.6 is 0 Å². The molecule has 1 aromatic carbocycles. The van der Waals surface area contributed by atoms with E-state index in [4.69, 9.17) is 9.47 Å². The highest BCUT2D eigenvalue weighted by atomic mass is 16.5. The van der Waals surface area contributed by atoms with Crippen LogP contribution in [0.1, 0.15) is 43.2 Å². The largest absolute Gasteiger partial charge is 0.497 e. The smallest absolute Gasteiger partial charge is 0.119 e.